The summed E-state index contributed by atoms with van der Waals surface area (Å²) in [5, 5.41) is 38.9. The summed E-state index contributed by atoms with van der Waals surface area (Å²) in [6.07, 6.45) is 9.86. The molecule has 0 saturated carbocycles. The first-order chi connectivity index (χ1) is 42.2. The van der Waals surface area contributed by atoms with Gasteiger partial charge in [-0.15, -0.1) is 0 Å². The summed E-state index contributed by atoms with van der Waals surface area (Å²) in [4.78, 5) is 67.0. The van der Waals surface area contributed by atoms with Gasteiger partial charge in [0, 0.05) is 126 Å². The molecule has 8 rings (SSSR count). The lowest BCUT2D eigenvalue weighted by molar-refractivity contribution is -0.139. The van der Waals surface area contributed by atoms with E-state index >= 15 is 0 Å². The summed E-state index contributed by atoms with van der Waals surface area (Å²) in [6, 6.07) is 27.5. The van der Waals surface area contributed by atoms with Crippen molar-refractivity contribution >= 4 is 82.6 Å². The Hall–Kier alpha value is -7.81. The third kappa shape index (κ3) is 26.7. The highest BCUT2D eigenvalue weighted by Crippen LogP contribution is 2.27. The number of carbonyl (C=O) groups excluding carboxylic acids is 2. The molecule has 0 spiro atoms. The molecule has 0 radical (unpaired) electrons. The third-order valence-corrected chi connectivity index (χ3v) is 13.1. The lowest BCUT2D eigenvalue weighted by Gasteiger charge is -2.09. The van der Waals surface area contributed by atoms with Gasteiger partial charge in [0.1, 0.15) is 45.3 Å². The van der Waals surface area contributed by atoms with Crippen LogP contribution in [0.4, 0.5) is 0 Å². The Kier molecular flexibility index (Phi) is 35.0. The second-order valence-electron chi connectivity index (χ2n) is 19.8. The molecule has 0 amide bonds. The number of aliphatic hydroxyl groups is 3. The number of aryl methyl sites for hydroxylation is 4. The second-order valence-corrected chi connectivity index (χ2v) is 20.9. The van der Waals surface area contributed by atoms with Gasteiger partial charge in [-0.05, 0) is 128 Å². The van der Waals surface area contributed by atoms with Gasteiger partial charge in [-0.25, -0.2) is 24.0 Å². The molecule has 0 aliphatic carbocycles. The van der Waals surface area contributed by atoms with E-state index in [0.717, 1.165) is 107 Å². The molecule has 8 aromatic rings. The standard InChI is InChI=1S/C19H22O5.2C15H18O4.C12H12O3.C4H5ClO.C3H7BrO/c1-4-6-14-11-18(20)24-17-12-15(7-8-16(14)17)22-9-5-10-23-19(21)13(2)3;2*1-2-4-11-9-15(17)19-14-10-12(5-6-13(11)14)18-8-3-7-16;1-2-3-8-6-12(14)15-11-7-9(13)4-5-10(8)11;1-3(2)4(5)6;4-2-1-3-5/h7-8,11-12H,2,4-6,9-10H2,1,3H3;2*5-6,9-10,16H,2-4,7-8H2,1H3;4-7,13H,2-3H2,1H3;1H2,2H3;5H,1-3H2. The van der Waals surface area contributed by atoms with Gasteiger partial charge in [0.15, 0.2) is 0 Å². The summed E-state index contributed by atoms with van der Waals surface area (Å²) in [5.41, 5.74) is 5.45. The number of halogens is 2. The fourth-order valence-electron chi connectivity index (χ4n) is 8.13. The number of fused-ring (bicyclic) bond motifs is 4. The van der Waals surface area contributed by atoms with Crippen molar-refractivity contribution in [3.63, 3.8) is 0 Å². The lowest BCUT2D eigenvalue weighted by atomic mass is 10.1. The van der Waals surface area contributed by atoms with Gasteiger partial charge in [0.2, 0.25) is 5.24 Å². The van der Waals surface area contributed by atoms with E-state index in [4.69, 9.17) is 63.5 Å². The zero-order valence-electron chi connectivity index (χ0n) is 51.1. The van der Waals surface area contributed by atoms with Crippen LogP contribution in [-0.4, -0.2) is 83.2 Å². The molecule has 0 bridgehead atoms. The van der Waals surface area contributed by atoms with Gasteiger partial charge in [0.25, 0.3) is 0 Å². The first-order valence-electron chi connectivity index (χ1n) is 29.2. The zero-order valence-corrected chi connectivity index (χ0v) is 53.4. The lowest BCUT2D eigenvalue weighted by Crippen LogP contribution is -2.09. The third-order valence-electron chi connectivity index (χ3n) is 12.2. The Morgan fingerprint density at radius 2 is 0.773 bits per heavy atom. The van der Waals surface area contributed by atoms with Crippen molar-refractivity contribution in [2.24, 2.45) is 0 Å². The van der Waals surface area contributed by atoms with Crippen molar-refractivity contribution in [2.45, 2.75) is 119 Å². The number of aliphatic hydroxyl groups excluding tert-OH is 3. The van der Waals surface area contributed by atoms with E-state index in [0.29, 0.717) is 96.4 Å². The minimum Gasteiger partial charge on any atom is -0.508 e. The number of carbonyl (C=O) groups is 2. The molecule has 0 aliphatic heterocycles. The van der Waals surface area contributed by atoms with Crippen molar-refractivity contribution in [1.82, 2.24) is 0 Å². The molecule has 4 aromatic heterocycles. The molecule has 4 aromatic carbocycles. The minimum absolute atomic E-state index is 0.101. The number of benzene rings is 4. The average molecular weight is 1300 g/mol. The van der Waals surface area contributed by atoms with Crippen LogP contribution in [0.3, 0.4) is 0 Å². The number of alkyl halides is 1. The van der Waals surface area contributed by atoms with Crippen molar-refractivity contribution in [3.05, 3.63) is 185 Å². The fraction of sp³-hybridized carbons (Fsp3) is 0.382. The molecule has 20 heteroatoms. The highest BCUT2D eigenvalue weighted by molar-refractivity contribution is 9.09. The normalized spacial score (nSPS) is 10.4. The summed E-state index contributed by atoms with van der Waals surface area (Å²) in [6.45, 7) is 20.3. The van der Waals surface area contributed by atoms with Crippen LogP contribution in [0.15, 0.2) is 158 Å². The van der Waals surface area contributed by atoms with E-state index in [1.807, 2.05) is 36.4 Å². The molecule has 0 fully saturated rings. The van der Waals surface area contributed by atoms with Crippen molar-refractivity contribution in [1.29, 1.82) is 0 Å². The van der Waals surface area contributed by atoms with E-state index in [-0.39, 0.29) is 48.1 Å². The number of phenols is 1. The molecular weight excluding hydrogens is 1220 g/mol. The van der Waals surface area contributed by atoms with Gasteiger partial charge in [-0.1, -0.05) is 82.5 Å². The second kappa shape index (κ2) is 41.4. The van der Waals surface area contributed by atoms with Crippen LogP contribution in [0.25, 0.3) is 43.9 Å². The summed E-state index contributed by atoms with van der Waals surface area (Å²) in [7, 11) is 0. The molecule has 0 unspecified atom stereocenters. The number of aromatic hydroxyl groups is 1. The number of phenolic OH excluding ortho intramolecular Hbond substituents is 1. The Balaban J connectivity index is 0.000000292. The monoisotopic (exact) mass is 1300 g/mol. The first kappa shape index (κ1) is 74.4. The quantitative estimate of drug-likeness (QED) is 0.0103. The Morgan fingerprint density at radius 3 is 1.05 bits per heavy atom. The van der Waals surface area contributed by atoms with Crippen LogP contribution in [-0.2, 0) is 40.0 Å². The predicted octanol–water partition coefficient (Wildman–Crippen LogP) is 13.2. The van der Waals surface area contributed by atoms with Crippen LogP contribution in [0.5, 0.6) is 23.0 Å². The Morgan fingerprint density at radius 1 is 0.466 bits per heavy atom. The van der Waals surface area contributed by atoms with E-state index < -0.39 is 11.2 Å². The SMILES string of the molecule is C=C(C)C(=O)Cl.C=C(C)C(=O)OCCCOc1ccc2c(CCC)cc(=O)oc2c1.CCCc1cc(=O)oc2cc(O)ccc12.CCCc1cc(=O)oc2cc(OCCCO)ccc12.CCCc1cc(=O)oc2cc(OCCCO)ccc12.OCCCBr. The smallest absolute Gasteiger partial charge is 0.336 e. The van der Waals surface area contributed by atoms with Crippen molar-refractivity contribution in [2.75, 3.05) is 51.6 Å². The number of esters is 1. The van der Waals surface area contributed by atoms with Crippen LogP contribution in [0.1, 0.15) is 115 Å². The maximum Gasteiger partial charge on any atom is 0.336 e. The van der Waals surface area contributed by atoms with E-state index in [1.165, 1.54) is 12.1 Å². The van der Waals surface area contributed by atoms with Gasteiger partial charge in [-0.2, -0.15) is 0 Å². The van der Waals surface area contributed by atoms with Crippen molar-refractivity contribution < 1.29 is 66.6 Å². The summed E-state index contributed by atoms with van der Waals surface area (Å²) in [5.74, 6) is 1.63. The van der Waals surface area contributed by atoms with E-state index in [1.54, 1.807) is 62.4 Å². The van der Waals surface area contributed by atoms with Crippen LogP contribution >= 0.6 is 27.5 Å². The van der Waals surface area contributed by atoms with Gasteiger partial charge in [0.05, 0.1) is 26.4 Å². The Labute approximate surface area is 525 Å². The fourth-order valence-corrected chi connectivity index (χ4v) is 8.38. The van der Waals surface area contributed by atoms with Crippen LogP contribution in [0.2, 0.25) is 0 Å². The number of hydrogen-bond acceptors (Lipinski definition) is 18. The predicted molar refractivity (Wildman–Crippen MR) is 349 cm³/mol. The number of ether oxygens (including phenoxy) is 4. The Bertz CT molecular complexity index is 3610. The minimum atomic E-state index is -0.463. The van der Waals surface area contributed by atoms with Crippen LogP contribution in [0, 0.1) is 0 Å². The molecule has 4 N–H and O–H groups in total. The topological polar surface area (TPSA) is 273 Å². The first-order valence-corrected chi connectivity index (χ1v) is 30.7. The molecule has 0 atom stereocenters. The average Bonchev–Trinajstić information content (AvgIpc) is 1.21. The maximum atomic E-state index is 11.6. The van der Waals surface area contributed by atoms with E-state index in [2.05, 4.69) is 56.8 Å². The number of rotatable bonds is 25. The van der Waals surface area contributed by atoms with Crippen molar-refractivity contribution in [3.8, 4) is 23.0 Å². The highest BCUT2D eigenvalue weighted by atomic mass is 79.9. The molecule has 476 valence electrons. The molecule has 0 saturated heterocycles. The maximum absolute atomic E-state index is 11.6. The number of hydrogen-bond donors (Lipinski definition) is 4. The van der Waals surface area contributed by atoms with Gasteiger partial charge in [-0.3, -0.25) is 4.79 Å². The van der Waals surface area contributed by atoms with Crippen LogP contribution < -0.4 is 36.7 Å². The molecule has 88 heavy (non-hydrogen) atoms. The van der Waals surface area contributed by atoms with Gasteiger partial charge >= 0.3 is 28.5 Å². The number of allylic oxidation sites excluding steroid dienone is 1. The van der Waals surface area contributed by atoms with E-state index in [9.17, 15) is 33.9 Å². The largest absolute Gasteiger partial charge is 0.508 e. The molecule has 18 nitrogen and oxygen atoms in total. The highest BCUT2D eigenvalue weighted by Gasteiger charge is 2.11. The molecule has 0 aliphatic rings. The summed E-state index contributed by atoms with van der Waals surface area (Å²) < 4.78 is 42.3. The summed E-state index contributed by atoms with van der Waals surface area (Å²) >= 11 is 8.02. The molecule has 4 heterocycles. The molecular formula is C68H82BrClO18. The zero-order chi connectivity index (χ0) is 65.0. The van der Waals surface area contributed by atoms with Gasteiger partial charge < -0.3 is 57.0 Å².